The summed E-state index contributed by atoms with van der Waals surface area (Å²) in [5, 5.41) is 2.88. The van der Waals surface area contributed by atoms with E-state index in [-0.39, 0.29) is 18.1 Å². The Morgan fingerprint density at radius 3 is 2.67 bits per heavy atom. The first kappa shape index (κ1) is 19.0. The third-order valence-corrected chi connectivity index (χ3v) is 4.46. The van der Waals surface area contributed by atoms with Crippen LogP contribution in [-0.2, 0) is 4.79 Å². The van der Waals surface area contributed by atoms with Gasteiger partial charge in [0.15, 0.2) is 0 Å². The van der Waals surface area contributed by atoms with Crippen molar-refractivity contribution >= 4 is 11.7 Å². The van der Waals surface area contributed by atoms with Crippen LogP contribution in [0.3, 0.4) is 0 Å². The molecule has 6 nitrogen and oxygen atoms in total. The number of carbonyl (C=O) groups excluding carboxylic acids is 1. The first-order chi connectivity index (χ1) is 13.0. The Kier molecular flexibility index (Phi) is 6.16. The van der Waals surface area contributed by atoms with E-state index >= 15 is 0 Å². The number of rotatable bonds is 8. The van der Waals surface area contributed by atoms with Crippen molar-refractivity contribution in [2.45, 2.75) is 39.3 Å². The molecule has 2 heterocycles. The zero-order valence-corrected chi connectivity index (χ0v) is 16.1. The minimum absolute atomic E-state index is 0.0102. The van der Waals surface area contributed by atoms with E-state index in [4.69, 9.17) is 9.47 Å². The van der Waals surface area contributed by atoms with Crippen LogP contribution in [0.5, 0.6) is 11.5 Å². The lowest BCUT2D eigenvalue weighted by atomic mass is 10.1. The summed E-state index contributed by atoms with van der Waals surface area (Å²) in [5.74, 6) is 2.58. The Labute approximate surface area is 160 Å². The minimum atomic E-state index is -0.0323. The fourth-order valence-corrected chi connectivity index (χ4v) is 3.00. The quantitative estimate of drug-likeness (QED) is 0.773. The largest absolute Gasteiger partial charge is 0.493 e. The predicted molar refractivity (Wildman–Crippen MR) is 105 cm³/mol. The minimum Gasteiger partial charge on any atom is -0.493 e. The number of aromatic nitrogens is 1. The number of benzene rings is 1. The van der Waals surface area contributed by atoms with Crippen LogP contribution in [0, 0.1) is 0 Å². The van der Waals surface area contributed by atoms with Crippen LogP contribution in [0.25, 0.3) is 0 Å². The van der Waals surface area contributed by atoms with Crippen LogP contribution in [0.4, 0.5) is 5.82 Å². The molecule has 1 saturated heterocycles. The van der Waals surface area contributed by atoms with Crippen molar-refractivity contribution in [2.24, 2.45) is 0 Å². The predicted octanol–water partition coefficient (Wildman–Crippen LogP) is 3.34. The van der Waals surface area contributed by atoms with E-state index in [9.17, 15) is 4.79 Å². The molecule has 1 N–H and O–H groups in total. The fourth-order valence-electron chi connectivity index (χ4n) is 3.00. The Balaban J connectivity index is 1.50. The summed E-state index contributed by atoms with van der Waals surface area (Å²) >= 11 is 0. The summed E-state index contributed by atoms with van der Waals surface area (Å²) < 4.78 is 11.7. The summed E-state index contributed by atoms with van der Waals surface area (Å²) in [6, 6.07) is 11.7. The second-order valence-electron chi connectivity index (χ2n) is 6.83. The van der Waals surface area contributed by atoms with Crippen LogP contribution in [-0.4, -0.2) is 36.7 Å². The van der Waals surface area contributed by atoms with E-state index in [1.54, 1.807) is 6.20 Å². The Morgan fingerprint density at radius 1 is 1.26 bits per heavy atom. The molecule has 1 aliphatic heterocycles. The fraction of sp³-hybridized carbons (Fsp3) is 0.429. The highest BCUT2D eigenvalue weighted by Gasteiger charge is 2.29. The molecule has 1 aliphatic rings. The second kappa shape index (κ2) is 8.75. The van der Waals surface area contributed by atoms with E-state index in [0.717, 1.165) is 42.4 Å². The molecule has 6 heteroatoms. The van der Waals surface area contributed by atoms with E-state index in [1.807, 2.05) is 43.3 Å². The monoisotopic (exact) mass is 369 g/mol. The van der Waals surface area contributed by atoms with Gasteiger partial charge in [-0.15, -0.1) is 0 Å². The number of nitrogens with one attached hydrogen (secondary N) is 1. The average Bonchev–Trinajstić information content (AvgIpc) is 2.62. The van der Waals surface area contributed by atoms with Gasteiger partial charge in [0.1, 0.15) is 23.4 Å². The Hall–Kier alpha value is -2.76. The maximum Gasteiger partial charge on any atom is 0.217 e. The maximum atomic E-state index is 11.2. The lowest BCUT2D eigenvalue weighted by Crippen LogP contribution is -2.54. The lowest BCUT2D eigenvalue weighted by molar-refractivity contribution is -0.119. The zero-order valence-electron chi connectivity index (χ0n) is 16.1. The van der Waals surface area contributed by atoms with E-state index in [1.165, 1.54) is 6.92 Å². The number of carbonyl (C=O) groups is 1. The normalized spacial score (nSPS) is 15.0. The number of hydrogen-bond acceptors (Lipinski definition) is 5. The molecule has 0 unspecified atom stereocenters. The molecule has 2 aromatic rings. The number of amides is 1. The van der Waals surface area contributed by atoms with Crippen molar-refractivity contribution in [2.75, 3.05) is 24.6 Å². The molecule has 0 aliphatic carbocycles. The summed E-state index contributed by atoms with van der Waals surface area (Å²) in [6.45, 7) is 7.89. The highest BCUT2D eigenvalue weighted by atomic mass is 16.5. The van der Waals surface area contributed by atoms with Crippen molar-refractivity contribution in [1.82, 2.24) is 10.3 Å². The van der Waals surface area contributed by atoms with Crippen molar-refractivity contribution in [3.8, 4) is 11.5 Å². The first-order valence-electron chi connectivity index (χ1n) is 9.42. The molecule has 144 valence electrons. The van der Waals surface area contributed by atoms with Gasteiger partial charge >= 0.3 is 0 Å². The van der Waals surface area contributed by atoms with Gasteiger partial charge in [-0.2, -0.15) is 0 Å². The van der Waals surface area contributed by atoms with Gasteiger partial charge in [0, 0.05) is 19.2 Å². The summed E-state index contributed by atoms with van der Waals surface area (Å²) in [7, 11) is 0. The highest BCUT2D eigenvalue weighted by molar-refractivity contribution is 5.73. The van der Waals surface area contributed by atoms with Crippen molar-refractivity contribution < 1.29 is 14.3 Å². The molecule has 0 radical (unpaired) electrons. The molecule has 0 spiro atoms. The van der Waals surface area contributed by atoms with Crippen LogP contribution in [0.15, 0.2) is 42.6 Å². The van der Waals surface area contributed by atoms with E-state index in [0.29, 0.717) is 6.61 Å². The van der Waals surface area contributed by atoms with Crippen LogP contribution >= 0.6 is 0 Å². The van der Waals surface area contributed by atoms with Crippen LogP contribution < -0.4 is 19.7 Å². The second-order valence-corrected chi connectivity index (χ2v) is 6.83. The van der Waals surface area contributed by atoms with Gasteiger partial charge in [0.05, 0.1) is 25.7 Å². The van der Waals surface area contributed by atoms with Gasteiger partial charge in [-0.25, -0.2) is 4.98 Å². The van der Waals surface area contributed by atoms with Crippen molar-refractivity contribution in [1.29, 1.82) is 0 Å². The van der Waals surface area contributed by atoms with Gasteiger partial charge in [-0.3, -0.25) is 4.79 Å². The van der Waals surface area contributed by atoms with E-state index in [2.05, 4.69) is 22.1 Å². The third-order valence-electron chi connectivity index (χ3n) is 4.46. The van der Waals surface area contributed by atoms with Gasteiger partial charge in [0.25, 0.3) is 0 Å². The average molecular weight is 369 g/mol. The topological polar surface area (TPSA) is 63.7 Å². The van der Waals surface area contributed by atoms with Crippen molar-refractivity contribution in [3.05, 3.63) is 48.2 Å². The lowest BCUT2D eigenvalue weighted by Gasteiger charge is -2.39. The smallest absolute Gasteiger partial charge is 0.217 e. The Morgan fingerprint density at radius 2 is 2.00 bits per heavy atom. The summed E-state index contributed by atoms with van der Waals surface area (Å²) in [5.41, 5.74) is 1.06. The molecule has 1 atom stereocenters. The summed E-state index contributed by atoms with van der Waals surface area (Å²) in [4.78, 5) is 17.8. The number of ether oxygens (including phenoxy) is 2. The SMILES string of the molecule is CCCOc1ccnc(N2CC(Oc3ccc([C@H](C)NC(C)=O)cc3)C2)c1. The molecule has 0 bridgehead atoms. The van der Waals surface area contributed by atoms with Crippen LogP contribution in [0.1, 0.15) is 38.8 Å². The van der Waals surface area contributed by atoms with Gasteiger partial charge in [-0.05, 0) is 37.1 Å². The maximum absolute atomic E-state index is 11.2. The Bertz CT molecular complexity index is 758. The number of anilines is 1. The van der Waals surface area contributed by atoms with Gasteiger partial charge < -0.3 is 19.7 Å². The van der Waals surface area contributed by atoms with Crippen molar-refractivity contribution in [3.63, 3.8) is 0 Å². The standard InChI is InChI=1S/C21H27N3O3/c1-4-11-26-19-9-10-22-21(12-19)24-13-20(14-24)27-18-7-5-17(6-8-18)15(2)23-16(3)25/h5-10,12,15,20H,4,11,13-14H2,1-3H3,(H,23,25)/t15-/m0/s1. The zero-order chi connectivity index (χ0) is 19.2. The van der Waals surface area contributed by atoms with Gasteiger partial charge in [0.2, 0.25) is 5.91 Å². The van der Waals surface area contributed by atoms with E-state index < -0.39 is 0 Å². The molecule has 1 aromatic heterocycles. The molecular weight excluding hydrogens is 342 g/mol. The first-order valence-corrected chi connectivity index (χ1v) is 9.42. The number of hydrogen-bond donors (Lipinski definition) is 1. The molecule has 1 fully saturated rings. The van der Waals surface area contributed by atoms with Crippen LogP contribution in [0.2, 0.25) is 0 Å². The third kappa shape index (κ3) is 5.12. The molecular formula is C21H27N3O3. The van der Waals surface area contributed by atoms with Gasteiger partial charge in [-0.1, -0.05) is 19.1 Å². The molecule has 1 aromatic carbocycles. The number of pyridine rings is 1. The molecule has 27 heavy (non-hydrogen) atoms. The summed E-state index contributed by atoms with van der Waals surface area (Å²) in [6.07, 6.45) is 2.91. The highest BCUT2D eigenvalue weighted by Crippen LogP contribution is 2.26. The molecule has 1 amide bonds. The molecule has 3 rings (SSSR count). The molecule has 0 saturated carbocycles. The number of nitrogens with zero attached hydrogens (tertiary/aromatic N) is 2.